The van der Waals surface area contributed by atoms with E-state index in [1.807, 2.05) is 31.4 Å². The molecule has 2 aromatic heterocycles. The first-order chi connectivity index (χ1) is 9.08. The number of aryl methyl sites for hydroxylation is 1. The van der Waals surface area contributed by atoms with Crippen LogP contribution in [0, 0.1) is 0 Å². The molecule has 3 rings (SSSR count). The third-order valence-corrected chi connectivity index (χ3v) is 3.51. The first-order valence-corrected chi connectivity index (χ1v) is 6.09. The summed E-state index contributed by atoms with van der Waals surface area (Å²) in [6.45, 7) is 0. The Labute approximate surface area is 110 Å². The summed E-state index contributed by atoms with van der Waals surface area (Å²) in [6, 6.07) is 11.6. The molecule has 0 atom stereocenters. The molecule has 2 N–H and O–H groups in total. The van der Waals surface area contributed by atoms with Crippen LogP contribution in [0.2, 0.25) is 0 Å². The van der Waals surface area contributed by atoms with Gasteiger partial charge in [-0.2, -0.15) is 0 Å². The summed E-state index contributed by atoms with van der Waals surface area (Å²) < 4.78 is 3.49. The number of rotatable bonds is 1. The van der Waals surface area contributed by atoms with E-state index in [2.05, 4.69) is 16.7 Å². The molecule has 0 saturated carbocycles. The average Bonchev–Trinajstić information content (AvgIpc) is 2.74. The van der Waals surface area contributed by atoms with Crippen molar-refractivity contribution in [2.45, 2.75) is 0 Å². The lowest BCUT2D eigenvalue weighted by Crippen LogP contribution is -2.18. The van der Waals surface area contributed by atoms with Gasteiger partial charge in [-0.15, -0.1) is 0 Å². The highest BCUT2D eigenvalue weighted by Crippen LogP contribution is 2.29. The average molecular weight is 253 g/mol. The maximum atomic E-state index is 11.9. The molecule has 0 fully saturated rings. The van der Waals surface area contributed by atoms with E-state index in [-0.39, 0.29) is 5.56 Å². The minimum Gasteiger partial charge on any atom is -0.385 e. The van der Waals surface area contributed by atoms with Gasteiger partial charge in [-0.1, -0.05) is 18.2 Å². The second kappa shape index (κ2) is 4.02. The molecule has 19 heavy (non-hydrogen) atoms. The number of fused-ring (bicyclic) bond motifs is 1. The number of nitrogens with two attached hydrogens (primary N) is 1. The maximum absolute atomic E-state index is 11.9. The van der Waals surface area contributed by atoms with Crippen molar-refractivity contribution >= 4 is 16.7 Å². The minimum atomic E-state index is -0.0945. The maximum Gasteiger partial charge on any atom is 0.252 e. The van der Waals surface area contributed by atoms with Gasteiger partial charge in [-0.25, -0.2) is 0 Å². The van der Waals surface area contributed by atoms with E-state index in [0.717, 1.165) is 22.0 Å². The van der Waals surface area contributed by atoms with E-state index >= 15 is 0 Å². The van der Waals surface area contributed by atoms with Crippen molar-refractivity contribution in [1.82, 2.24) is 9.13 Å². The molecule has 4 nitrogen and oxygen atoms in total. The molecule has 0 saturated heterocycles. The predicted octanol–water partition coefficient (Wildman–Crippen LogP) is 2.13. The van der Waals surface area contributed by atoms with Crippen LogP contribution in [0.15, 0.2) is 47.4 Å². The van der Waals surface area contributed by atoms with Crippen molar-refractivity contribution in [3.63, 3.8) is 0 Å². The fraction of sp³-hybridized carbons (Fsp3) is 0.133. The number of anilines is 1. The molecule has 0 spiro atoms. The number of hydrogen-bond acceptors (Lipinski definition) is 2. The first-order valence-electron chi connectivity index (χ1n) is 6.09. The summed E-state index contributed by atoms with van der Waals surface area (Å²) in [4.78, 5) is 11.9. The second-order valence-electron chi connectivity index (χ2n) is 4.74. The van der Waals surface area contributed by atoms with E-state index in [1.165, 1.54) is 4.57 Å². The number of para-hydroxylation sites is 1. The topological polar surface area (TPSA) is 52.9 Å². The first kappa shape index (κ1) is 11.6. The summed E-state index contributed by atoms with van der Waals surface area (Å²) in [5.41, 5.74) is 8.80. The van der Waals surface area contributed by atoms with E-state index in [0.29, 0.717) is 5.82 Å². The monoisotopic (exact) mass is 253 g/mol. The second-order valence-corrected chi connectivity index (χ2v) is 4.74. The van der Waals surface area contributed by atoms with Crippen LogP contribution >= 0.6 is 0 Å². The van der Waals surface area contributed by atoms with Crippen LogP contribution in [0.4, 0.5) is 5.82 Å². The van der Waals surface area contributed by atoms with Gasteiger partial charge in [0.1, 0.15) is 5.82 Å². The Morgan fingerprint density at radius 2 is 1.84 bits per heavy atom. The number of nitrogens with zero attached hydrogens (tertiary/aromatic N) is 2. The zero-order valence-electron chi connectivity index (χ0n) is 10.9. The van der Waals surface area contributed by atoms with Crippen LogP contribution in [0.3, 0.4) is 0 Å². The van der Waals surface area contributed by atoms with Crippen LogP contribution in [0.25, 0.3) is 22.0 Å². The lowest BCUT2D eigenvalue weighted by Gasteiger charge is -2.05. The zero-order chi connectivity index (χ0) is 13.6. The third-order valence-electron chi connectivity index (χ3n) is 3.51. The van der Waals surface area contributed by atoms with Crippen molar-refractivity contribution in [2.24, 2.45) is 14.1 Å². The molecular weight excluding hydrogens is 238 g/mol. The standard InChI is InChI=1S/C15H15N3O/c1-17-9-12(11-5-3-4-6-13(11)17)10-7-14(16)18(2)15(19)8-10/h3-9H,16H2,1-2H3. The van der Waals surface area contributed by atoms with Gasteiger partial charge in [0, 0.05) is 42.8 Å². The summed E-state index contributed by atoms with van der Waals surface area (Å²) in [5.74, 6) is 0.468. The van der Waals surface area contributed by atoms with Crippen LogP contribution in [-0.4, -0.2) is 9.13 Å². The SMILES string of the molecule is Cn1c(N)cc(-c2cn(C)c3ccccc23)cc1=O. The van der Waals surface area contributed by atoms with Gasteiger partial charge in [-0.05, 0) is 17.7 Å². The van der Waals surface area contributed by atoms with Crippen LogP contribution in [0.5, 0.6) is 0 Å². The number of hydrogen-bond donors (Lipinski definition) is 1. The Morgan fingerprint density at radius 1 is 1.11 bits per heavy atom. The number of benzene rings is 1. The molecule has 0 aliphatic rings. The lowest BCUT2D eigenvalue weighted by molar-refractivity contribution is 0.876. The molecule has 0 amide bonds. The van der Waals surface area contributed by atoms with Gasteiger partial charge in [0.05, 0.1) is 0 Å². The summed E-state index contributed by atoms with van der Waals surface area (Å²) >= 11 is 0. The fourth-order valence-corrected chi connectivity index (χ4v) is 2.38. The molecule has 96 valence electrons. The van der Waals surface area contributed by atoms with Gasteiger partial charge in [-0.3, -0.25) is 9.36 Å². The normalized spacial score (nSPS) is 11.1. The Balaban J connectivity index is 2.34. The number of pyridine rings is 1. The molecular formula is C15H15N3O. The third kappa shape index (κ3) is 1.73. The van der Waals surface area contributed by atoms with Gasteiger partial charge >= 0.3 is 0 Å². The molecule has 0 aliphatic heterocycles. The molecule has 0 radical (unpaired) electrons. The van der Waals surface area contributed by atoms with Gasteiger partial charge < -0.3 is 10.3 Å². The minimum absolute atomic E-state index is 0.0945. The largest absolute Gasteiger partial charge is 0.385 e. The molecule has 0 unspecified atom stereocenters. The number of aromatic nitrogens is 2. The van der Waals surface area contributed by atoms with E-state index < -0.39 is 0 Å². The molecule has 1 aromatic carbocycles. The summed E-state index contributed by atoms with van der Waals surface area (Å²) in [6.07, 6.45) is 2.03. The van der Waals surface area contributed by atoms with Gasteiger partial charge in [0.2, 0.25) is 0 Å². The predicted molar refractivity (Wildman–Crippen MR) is 78.0 cm³/mol. The van der Waals surface area contributed by atoms with Crippen LogP contribution < -0.4 is 11.3 Å². The van der Waals surface area contributed by atoms with Crippen molar-refractivity contribution in [1.29, 1.82) is 0 Å². The molecule has 0 bridgehead atoms. The number of nitrogen functional groups attached to an aromatic ring is 1. The Morgan fingerprint density at radius 3 is 2.58 bits per heavy atom. The van der Waals surface area contributed by atoms with Crippen molar-refractivity contribution in [3.8, 4) is 11.1 Å². The van der Waals surface area contributed by atoms with Crippen LogP contribution in [0.1, 0.15) is 0 Å². The van der Waals surface area contributed by atoms with Gasteiger partial charge in [0.25, 0.3) is 5.56 Å². The van der Waals surface area contributed by atoms with E-state index in [4.69, 9.17) is 5.73 Å². The highest BCUT2D eigenvalue weighted by Gasteiger charge is 2.10. The molecule has 0 aliphatic carbocycles. The smallest absolute Gasteiger partial charge is 0.252 e. The summed E-state index contributed by atoms with van der Waals surface area (Å²) in [7, 11) is 3.67. The quantitative estimate of drug-likeness (QED) is 0.722. The van der Waals surface area contributed by atoms with Crippen molar-refractivity contribution in [2.75, 3.05) is 5.73 Å². The van der Waals surface area contributed by atoms with E-state index in [9.17, 15) is 4.79 Å². The Kier molecular flexibility index (Phi) is 2.45. The van der Waals surface area contributed by atoms with E-state index in [1.54, 1.807) is 13.1 Å². The van der Waals surface area contributed by atoms with Crippen LogP contribution in [-0.2, 0) is 14.1 Å². The Bertz CT molecular complexity index is 827. The van der Waals surface area contributed by atoms with Crippen molar-refractivity contribution in [3.05, 3.63) is 52.9 Å². The summed E-state index contributed by atoms with van der Waals surface area (Å²) in [5, 5.41) is 1.12. The molecule has 2 heterocycles. The fourth-order valence-electron chi connectivity index (χ4n) is 2.38. The lowest BCUT2D eigenvalue weighted by atomic mass is 10.1. The molecule has 4 heteroatoms. The highest BCUT2D eigenvalue weighted by atomic mass is 16.1. The highest BCUT2D eigenvalue weighted by molar-refractivity contribution is 5.96. The zero-order valence-corrected chi connectivity index (χ0v) is 10.9. The van der Waals surface area contributed by atoms with Gasteiger partial charge in [0.15, 0.2) is 0 Å². The molecule has 3 aromatic rings. The Hall–Kier alpha value is -2.49. The van der Waals surface area contributed by atoms with Crippen molar-refractivity contribution < 1.29 is 0 Å².